The largest absolute Gasteiger partial charge is 0.321 e. The third-order valence-corrected chi connectivity index (χ3v) is 4.17. The Labute approximate surface area is 128 Å². The molecule has 2 N–H and O–H groups in total. The lowest BCUT2D eigenvalue weighted by Crippen LogP contribution is -2.34. The fourth-order valence-electron chi connectivity index (χ4n) is 3.08. The number of piperidine rings is 1. The highest BCUT2D eigenvalue weighted by Gasteiger charge is 2.29. The molecule has 0 saturated carbocycles. The van der Waals surface area contributed by atoms with Gasteiger partial charge in [-0.2, -0.15) is 0 Å². The van der Waals surface area contributed by atoms with Crippen molar-refractivity contribution in [3.8, 4) is 0 Å². The van der Waals surface area contributed by atoms with Crippen molar-refractivity contribution in [2.24, 2.45) is 4.99 Å². The van der Waals surface area contributed by atoms with Gasteiger partial charge in [0.05, 0.1) is 17.6 Å². The molecule has 110 valence electrons. The number of nitrogens with zero attached hydrogens (tertiary/aromatic N) is 2. The van der Waals surface area contributed by atoms with Gasteiger partial charge in [-0.25, -0.2) is 0 Å². The standard InChI is InChI=1S/C17H16N4O/c22-17(20-12-2-1-6-18-9-12)11-3-4-15-14(8-11)13-5-7-19-10-16(13)21-15/h1-4,6,8-9,13,19H,5,7,10H2,(H,20,22). The molecule has 0 radical (unpaired) electrons. The number of carbonyl (C=O) groups excluding carboxylic acids is 1. The van der Waals surface area contributed by atoms with E-state index in [0.29, 0.717) is 17.2 Å². The Morgan fingerprint density at radius 3 is 3.14 bits per heavy atom. The fourth-order valence-corrected chi connectivity index (χ4v) is 3.08. The Morgan fingerprint density at radius 1 is 1.32 bits per heavy atom. The molecule has 1 aromatic heterocycles. The lowest BCUT2D eigenvalue weighted by Gasteiger charge is -2.21. The molecule has 1 atom stereocenters. The SMILES string of the molecule is O=C(Nc1cccnc1)c1ccc2c(c1)C1CCNCC1=N2. The van der Waals surface area contributed by atoms with Gasteiger partial charge in [0.25, 0.3) is 5.91 Å². The molecule has 0 bridgehead atoms. The van der Waals surface area contributed by atoms with Gasteiger partial charge in [0, 0.05) is 29.9 Å². The number of anilines is 1. The van der Waals surface area contributed by atoms with Crippen molar-refractivity contribution in [1.29, 1.82) is 0 Å². The first-order valence-corrected chi connectivity index (χ1v) is 7.45. The van der Waals surface area contributed by atoms with E-state index in [2.05, 4.69) is 20.6 Å². The number of aromatic nitrogens is 1. The second-order valence-corrected chi connectivity index (χ2v) is 5.59. The Balaban J connectivity index is 1.59. The summed E-state index contributed by atoms with van der Waals surface area (Å²) in [5, 5.41) is 6.21. The number of hydrogen-bond acceptors (Lipinski definition) is 4. The van der Waals surface area contributed by atoms with E-state index < -0.39 is 0 Å². The summed E-state index contributed by atoms with van der Waals surface area (Å²) in [6.07, 6.45) is 4.36. The maximum atomic E-state index is 12.4. The molecule has 5 heteroatoms. The lowest BCUT2D eigenvalue weighted by atomic mass is 9.89. The topological polar surface area (TPSA) is 66.4 Å². The third kappa shape index (κ3) is 2.29. The predicted octanol–water partition coefficient (Wildman–Crippen LogP) is 2.50. The summed E-state index contributed by atoms with van der Waals surface area (Å²) in [6.45, 7) is 1.84. The molecular formula is C17H16N4O. The highest BCUT2D eigenvalue weighted by atomic mass is 16.1. The van der Waals surface area contributed by atoms with E-state index in [-0.39, 0.29) is 5.91 Å². The monoisotopic (exact) mass is 292 g/mol. The number of hydrogen-bond donors (Lipinski definition) is 2. The molecule has 2 aliphatic rings. The molecule has 1 fully saturated rings. The van der Waals surface area contributed by atoms with E-state index >= 15 is 0 Å². The molecule has 5 nitrogen and oxygen atoms in total. The van der Waals surface area contributed by atoms with Gasteiger partial charge in [-0.05, 0) is 48.9 Å². The van der Waals surface area contributed by atoms with Gasteiger partial charge >= 0.3 is 0 Å². The zero-order valence-electron chi connectivity index (χ0n) is 12.0. The van der Waals surface area contributed by atoms with Crippen LogP contribution >= 0.6 is 0 Å². The van der Waals surface area contributed by atoms with Crippen molar-refractivity contribution in [2.75, 3.05) is 18.4 Å². The minimum absolute atomic E-state index is 0.113. The average Bonchev–Trinajstić information content (AvgIpc) is 2.93. The number of pyridine rings is 1. The number of nitrogens with one attached hydrogen (secondary N) is 2. The van der Waals surface area contributed by atoms with Gasteiger partial charge in [0.15, 0.2) is 0 Å². The van der Waals surface area contributed by atoms with Crippen molar-refractivity contribution >= 4 is 23.0 Å². The summed E-state index contributed by atoms with van der Waals surface area (Å²) in [6, 6.07) is 9.38. The smallest absolute Gasteiger partial charge is 0.255 e. The van der Waals surface area contributed by atoms with Gasteiger partial charge in [-0.3, -0.25) is 14.8 Å². The predicted molar refractivity (Wildman–Crippen MR) is 86.0 cm³/mol. The van der Waals surface area contributed by atoms with Crippen molar-refractivity contribution in [2.45, 2.75) is 12.3 Å². The minimum Gasteiger partial charge on any atom is -0.321 e. The van der Waals surface area contributed by atoms with Crippen LogP contribution in [0.3, 0.4) is 0 Å². The van der Waals surface area contributed by atoms with Crippen molar-refractivity contribution in [3.63, 3.8) is 0 Å². The first-order chi connectivity index (χ1) is 10.8. The molecule has 0 spiro atoms. The van der Waals surface area contributed by atoms with E-state index in [4.69, 9.17) is 0 Å². The molecule has 0 aliphatic carbocycles. The van der Waals surface area contributed by atoms with Crippen molar-refractivity contribution in [1.82, 2.24) is 10.3 Å². The van der Waals surface area contributed by atoms with Crippen LogP contribution in [-0.2, 0) is 0 Å². The Hall–Kier alpha value is -2.53. The van der Waals surface area contributed by atoms with Gasteiger partial charge in [-0.1, -0.05) is 0 Å². The summed E-state index contributed by atoms with van der Waals surface area (Å²) < 4.78 is 0. The first kappa shape index (κ1) is 13.2. The van der Waals surface area contributed by atoms with Gasteiger partial charge in [0.1, 0.15) is 0 Å². The van der Waals surface area contributed by atoms with Gasteiger partial charge < -0.3 is 10.6 Å². The number of fused-ring (bicyclic) bond motifs is 3. The van der Waals surface area contributed by atoms with E-state index in [1.165, 1.54) is 11.3 Å². The normalized spacial score (nSPS) is 19.1. The molecule has 2 aliphatic heterocycles. The Kier molecular flexibility index (Phi) is 3.20. The summed E-state index contributed by atoms with van der Waals surface area (Å²) in [5.74, 6) is 0.251. The van der Waals surface area contributed by atoms with E-state index in [1.54, 1.807) is 18.5 Å². The van der Waals surface area contributed by atoms with Crippen molar-refractivity contribution in [3.05, 3.63) is 53.9 Å². The summed E-state index contributed by atoms with van der Waals surface area (Å²) >= 11 is 0. The third-order valence-electron chi connectivity index (χ3n) is 4.17. The lowest BCUT2D eigenvalue weighted by molar-refractivity contribution is 0.102. The van der Waals surface area contributed by atoms with Crippen molar-refractivity contribution < 1.29 is 4.79 Å². The van der Waals surface area contributed by atoms with Crippen LogP contribution < -0.4 is 10.6 Å². The van der Waals surface area contributed by atoms with Crippen LogP contribution in [0.5, 0.6) is 0 Å². The number of carbonyl (C=O) groups is 1. The maximum absolute atomic E-state index is 12.4. The first-order valence-electron chi connectivity index (χ1n) is 7.45. The molecule has 1 amide bonds. The molecule has 1 saturated heterocycles. The zero-order chi connectivity index (χ0) is 14.9. The second kappa shape index (κ2) is 5.35. The van der Waals surface area contributed by atoms with Crippen LogP contribution in [0.4, 0.5) is 11.4 Å². The van der Waals surface area contributed by atoms with Crippen LogP contribution in [0.2, 0.25) is 0 Å². The molecule has 22 heavy (non-hydrogen) atoms. The fraction of sp³-hybridized carbons (Fsp3) is 0.235. The highest BCUT2D eigenvalue weighted by molar-refractivity contribution is 6.06. The van der Waals surface area contributed by atoms with E-state index in [9.17, 15) is 4.79 Å². The molecule has 4 rings (SSSR count). The number of aliphatic imine (C=N–C) groups is 1. The molecule has 3 heterocycles. The second-order valence-electron chi connectivity index (χ2n) is 5.59. The Bertz CT molecular complexity index is 755. The highest BCUT2D eigenvalue weighted by Crippen LogP contribution is 2.38. The Morgan fingerprint density at radius 2 is 2.27 bits per heavy atom. The van der Waals surface area contributed by atoms with Gasteiger partial charge in [-0.15, -0.1) is 0 Å². The quantitative estimate of drug-likeness (QED) is 0.893. The maximum Gasteiger partial charge on any atom is 0.255 e. The molecule has 1 unspecified atom stereocenters. The molecular weight excluding hydrogens is 276 g/mol. The summed E-state index contributed by atoms with van der Waals surface area (Å²) in [5.41, 5.74) is 4.73. The number of benzene rings is 1. The summed E-state index contributed by atoms with van der Waals surface area (Å²) in [7, 11) is 0. The molecule has 2 aromatic rings. The van der Waals surface area contributed by atoms with Crippen LogP contribution in [0, 0.1) is 0 Å². The van der Waals surface area contributed by atoms with E-state index in [1.807, 2.05) is 24.3 Å². The molecule has 1 aromatic carbocycles. The van der Waals surface area contributed by atoms with Gasteiger partial charge in [0.2, 0.25) is 0 Å². The average molecular weight is 292 g/mol. The van der Waals surface area contributed by atoms with Crippen LogP contribution in [0.15, 0.2) is 47.7 Å². The summed E-state index contributed by atoms with van der Waals surface area (Å²) in [4.78, 5) is 21.1. The minimum atomic E-state index is -0.113. The van der Waals surface area contributed by atoms with E-state index in [0.717, 1.165) is 25.2 Å². The van der Waals surface area contributed by atoms with Crippen LogP contribution in [0.25, 0.3) is 0 Å². The zero-order valence-corrected chi connectivity index (χ0v) is 12.0. The van der Waals surface area contributed by atoms with Crippen LogP contribution in [-0.4, -0.2) is 29.7 Å². The number of amides is 1. The van der Waals surface area contributed by atoms with Crippen LogP contribution in [0.1, 0.15) is 28.3 Å². The number of rotatable bonds is 2.